The SMILES string of the molecule is CCCNCCc1ccc2c(c1)B(O)OC2. The standard InChI is InChI=1S/C12H18BNO2/c1-2-6-14-7-5-10-3-4-11-9-16-13(15)12(11)8-10/h3-4,8,14-15H,2,5-7,9H2,1H3. The van der Waals surface area contributed by atoms with Crippen molar-refractivity contribution in [2.75, 3.05) is 13.1 Å². The van der Waals surface area contributed by atoms with E-state index in [2.05, 4.69) is 30.4 Å². The number of nitrogens with one attached hydrogen (secondary N) is 1. The fourth-order valence-electron chi connectivity index (χ4n) is 1.95. The average molecular weight is 219 g/mol. The number of benzene rings is 1. The maximum atomic E-state index is 9.58. The molecule has 1 heterocycles. The van der Waals surface area contributed by atoms with Gasteiger partial charge in [0.1, 0.15) is 0 Å². The molecule has 1 aliphatic heterocycles. The van der Waals surface area contributed by atoms with Crippen LogP contribution in [0.4, 0.5) is 0 Å². The van der Waals surface area contributed by atoms with E-state index in [1.54, 1.807) is 0 Å². The monoisotopic (exact) mass is 219 g/mol. The average Bonchev–Trinajstić information content (AvgIpc) is 2.67. The van der Waals surface area contributed by atoms with Crippen LogP contribution >= 0.6 is 0 Å². The van der Waals surface area contributed by atoms with Crippen LogP contribution in [0, 0.1) is 0 Å². The second-order valence-corrected chi connectivity index (χ2v) is 4.20. The van der Waals surface area contributed by atoms with Gasteiger partial charge in [-0.2, -0.15) is 0 Å². The Labute approximate surface area is 97.0 Å². The van der Waals surface area contributed by atoms with E-state index in [1.165, 1.54) is 5.56 Å². The Balaban J connectivity index is 1.93. The summed E-state index contributed by atoms with van der Waals surface area (Å²) in [5, 5.41) is 12.9. The van der Waals surface area contributed by atoms with Gasteiger partial charge in [0.25, 0.3) is 0 Å². The summed E-state index contributed by atoms with van der Waals surface area (Å²) in [5.41, 5.74) is 3.30. The van der Waals surface area contributed by atoms with Gasteiger partial charge in [0.05, 0.1) is 6.61 Å². The molecule has 0 saturated heterocycles. The van der Waals surface area contributed by atoms with Gasteiger partial charge in [0, 0.05) is 0 Å². The predicted octanol–water partition coefficient (Wildman–Crippen LogP) is 0.446. The summed E-state index contributed by atoms with van der Waals surface area (Å²) in [6, 6.07) is 6.23. The molecular weight excluding hydrogens is 201 g/mol. The lowest BCUT2D eigenvalue weighted by atomic mass is 9.78. The van der Waals surface area contributed by atoms with E-state index in [4.69, 9.17) is 4.65 Å². The molecule has 0 fully saturated rings. The third kappa shape index (κ3) is 2.64. The summed E-state index contributed by atoms with van der Waals surface area (Å²) in [7, 11) is -0.724. The van der Waals surface area contributed by atoms with Gasteiger partial charge in [-0.05, 0) is 42.5 Å². The zero-order chi connectivity index (χ0) is 11.4. The molecule has 0 bridgehead atoms. The van der Waals surface area contributed by atoms with E-state index in [-0.39, 0.29) is 0 Å². The summed E-state index contributed by atoms with van der Waals surface area (Å²) in [6.07, 6.45) is 2.16. The highest BCUT2D eigenvalue weighted by molar-refractivity contribution is 6.61. The number of fused-ring (bicyclic) bond motifs is 1. The molecule has 3 nitrogen and oxygen atoms in total. The normalized spacial score (nSPS) is 14.2. The van der Waals surface area contributed by atoms with Crippen LogP contribution in [0.1, 0.15) is 24.5 Å². The minimum atomic E-state index is -0.724. The highest BCUT2D eigenvalue weighted by Crippen LogP contribution is 2.11. The first-order chi connectivity index (χ1) is 7.81. The Kier molecular flexibility index (Phi) is 3.99. The molecule has 0 spiro atoms. The zero-order valence-corrected chi connectivity index (χ0v) is 9.70. The highest BCUT2D eigenvalue weighted by Gasteiger charge is 2.26. The van der Waals surface area contributed by atoms with Gasteiger partial charge < -0.3 is 15.0 Å². The molecule has 0 atom stereocenters. The molecule has 1 aromatic carbocycles. The van der Waals surface area contributed by atoms with Crippen molar-refractivity contribution in [2.45, 2.75) is 26.4 Å². The highest BCUT2D eigenvalue weighted by atomic mass is 16.5. The molecule has 0 aromatic heterocycles. The van der Waals surface area contributed by atoms with Gasteiger partial charge in [0.15, 0.2) is 0 Å². The van der Waals surface area contributed by atoms with Crippen molar-refractivity contribution >= 4 is 12.6 Å². The lowest BCUT2D eigenvalue weighted by molar-refractivity contribution is 0.275. The third-order valence-corrected chi connectivity index (χ3v) is 2.89. The fourth-order valence-corrected chi connectivity index (χ4v) is 1.95. The van der Waals surface area contributed by atoms with Gasteiger partial charge >= 0.3 is 7.12 Å². The molecule has 0 unspecified atom stereocenters. The third-order valence-electron chi connectivity index (χ3n) is 2.89. The number of hydrogen-bond acceptors (Lipinski definition) is 3. The minimum Gasteiger partial charge on any atom is -0.423 e. The van der Waals surface area contributed by atoms with Crippen LogP contribution in [0.25, 0.3) is 0 Å². The van der Waals surface area contributed by atoms with Gasteiger partial charge in [-0.3, -0.25) is 0 Å². The van der Waals surface area contributed by atoms with Crippen LogP contribution < -0.4 is 10.8 Å². The summed E-state index contributed by atoms with van der Waals surface area (Å²) in [4.78, 5) is 0. The van der Waals surface area contributed by atoms with Crippen LogP contribution in [0.2, 0.25) is 0 Å². The Morgan fingerprint density at radius 3 is 3.12 bits per heavy atom. The quantitative estimate of drug-likeness (QED) is 0.558. The van der Waals surface area contributed by atoms with Crippen LogP contribution in [-0.4, -0.2) is 25.2 Å². The molecule has 16 heavy (non-hydrogen) atoms. The van der Waals surface area contributed by atoms with Crippen molar-refractivity contribution in [1.29, 1.82) is 0 Å². The van der Waals surface area contributed by atoms with Crippen LogP contribution in [0.3, 0.4) is 0 Å². The molecule has 4 heteroatoms. The molecule has 2 rings (SSSR count). The molecule has 0 aliphatic carbocycles. The maximum absolute atomic E-state index is 9.58. The van der Waals surface area contributed by atoms with E-state index >= 15 is 0 Å². The van der Waals surface area contributed by atoms with Crippen LogP contribution in [0.15, 0.2) is 18.2 Å². The second kappa shape index (κ2) is 5.48. The summed E-state index contributed by atoms with van der Waals surface area (Å²) in [5.74, 6) is 0. The molecule has 0 amide bonds. The van der Waals surface area contributed by atoms with E-state index in [0.29, 0.717) is 6.61 Å². The van der Waals surface area contributed by atoms with Crippen molar-refractivity contribution < 1.29 is 9.68 Å². The first-order valence-electron chi connectivity index (χ1n) is 5.93. The molecular formula is C12H18BNO2. The Morgan fingerprint density at radius 1 is 1.44 bits per heavy atom. The minimum absolute atomic E-state index is 0.533. The summed E-state index contributed by atoms with van der Waals surface area (Å²) in [6.45, 7) is 4.75. The second-order valence-electron chi connectivity index (χ2n) is 4.20. The molecule has 86 valence electrons. The van der Waals surface area contributed by atoms with E-state index in [9.17, 15) is 5.02 Å². The predicted molar refractivity (Wildman–Crippen MR) is 65.7 cm³/mol. The van der Waals surface area contributed by atoms with Gasteiger partial charge in [-0.15, -0.1) is 0 Å². The van der Waals surface area contributed by atoms with Gasteiger partial charge in [0.2, 0.25) is 0 Å². The van der Waals surface area contributed by atoms with Crippen molar-refractivity contribution in [1.82, 2.24) is 5.32 Å². The molecule has 0 radical (unpaired) electrons. The zero-order valence-electron chi connectivity index (χ0n) is 9.70. The van der Waals surface area contributed by atoms with Crippen molar-refractivity contribution in [3.05, 3.63) is 29.3 Å². The maximum Gasteiger partial charge on any atom is 0.491 e. The van der Waals surface area contributed by atoms with Crippen molar-refractivity contribution in [3.63, 3.8) is 0 Å². The van der Waals surface area contributed by atoms with Crippen molar-refractivity contribution in [2.24, 2.45) is 0 Å². The first kappa shape index (κ1) is 11.6. The smallest absolute Gasteiger partial charge is 0.423 e. The fraction of sp³-hybridized carbons (Fsp3) is 0.500. The van der Waals surface area contributed by atoms with Gasteiger partial charge in [-0.25, -0.2) is 0 Å². The number of hydrogen-bond donors (Lipinski definition) is 2. The van der Waals surface area contributed by atoms with Crippen molar-refractivity contribution in [3.8, 4) is 0 Å². The summed E-state index contributed by atoms with van der Waals surface area (Å²) >= 11 is 0. The van der Waals surface area contributed by atoms with Gasteiger partial charge in [-0.1, -0.05) is 25.1 Å². The van der Waals surface area contributed by atoms with Crippen LogP contribution in [-0.2, 0) is 17.7 Å². The molecule has 2 N–H and O–H groups in total. The Morgan fingerprint density at radius 2 is 2.31 bits per heavy atom. The largest absolute Gasteiger partial charge is 0.491 e. The molecule has 1 aliphatic rings. The van der Waals surface area contributed by atoms with E-state index in [0.717, 1.165) is 37.0 Å². The lowest BCUT2D eigenvalue weighted by Gasteiger charge is -2.05. The van der Waals surface area contributed by atoms with E-state index < -0.39 is 7.12 Å². The molecule has 1 aromatic rings. The van der Waals surface area contributed by atoms with Crippen LogP contribution in [0.5, 0.6) is 0 Å². The summed E-state index contributed by atoms with van der Waals surface area (Å²) < 4.78 is 5.16. The topological polar surface area (TPSA) is 41.5 Å². The first-order valence-corrected chi connectivity index (χ1v) is 5.93. The Hall–Kier alpha value is -0.835. The Bertz CT molecular complexity index is 357. The number of rotatable bonds is 5. The molecule has 0 saturated carbocycles. The van der Waals surface area contributed by atoms with E-state index in [1.807, 2.05) is 0 Å². The lowest BCUT2D eigenvalue weighted by Crippen LogP contribution is -2.28.